The Morgan fingerprint density at radius 2 is 1.67 bits per heavy atom. The fourth-order valence-electron chi connectivity index (χ4n) is 2.67. The van der Waals surface area contributed by atoms with E-state index < -0.39 is 0 Å². The second-order valence-corrected chi connectivity index (χ2v) is 5.32. The Bertz CT molecular complexity index is 659. The minimum Gasteiger partial charge on any atom is -0.508 e. The highest BCUT2D eigenvalue weighted by molar-refractivity contribution is 5.92. The highest BCUT2D eigenvalue weighted by Gasteiger charge is 2.22. The summed E-state index contributed by atoms with van der Waals surface area (Å²) >= 11 is 0. The van der Waals surface area contributed by atoms with E-state index in [0.29, 0.717) is 6.42 Å². The Morgan fingerprint density at radius 3 is 2.38 bits per heavy atom. The minimum atomic E-state index is 0.149. The smallest absolute Gasteiger partial charge is 0.158 e. The van der Waals surface area contributed by atoms with Gasteiger partial charge in [-0.3, -0.25) is 4.79 Å². The lowest BCUT2D eigenvalue weighted by molar-refractivity contribution is -0.115. The van der Waals surface area contributed by atoms with Gasteiger partial charge in [-0.05, 0) is 42.2 Å². The van der Waals surface area contributed by atoms with Gasteiger partial charge in [0.15, 0.2) is 5.78 Å². The molecule has 3 nitrogen and oxygen atoms in total. The summed E-state index contributed by atoms with van der Waals surface area (Å²) in [5.74, 6) is 0.608. The maximum absolute atomic E-state index is 11.9. The number of allylic oxidation sites excluding steroid dienone is 2. The molecule has 0 aliphatic heterocycles. The van der Waals surface area contributed by atoms with E-state index in [1.54, 1.807) is 30.3 Å². The van der Waals surface area contributed by atoms with Gasteiger partial charge in [0.05, 0.1) is 0 Å². The largest absolute Gasteiger partial charge is 0.508 e. The van der Waals surface area contributed by atoms with Crippen molar-refractivity contribution in [3.63, 3.8) is 0 Å². The molecule has 0 saturated heterocycles. The first-order chi connectivity index (χ1) is 10.2. The van der Waals surface area contributed by atoms with Gasteiger partial charge < -0.3 is 10.4 Å². The van der Waals surface area contributed by atoms with E-state index in [-0.39, 0.29) is 17.5 Å². The first kappa shape index (κ1) is 13.4. The van der Waals surface area contributed by atoms with Gasteiger partial charge in [0.25, 0.3) is 0 Å². The van der Waals surface area contributed by atoms with Crippen molar-refractivity contribution in [2.24, 2.45) is 0 Å². The molecule has 0 spiro atoms. The van der Waals surface area contributed by atoms with Crippen LogP contribution < -0.4 is 5.32 Å². The summed E-state index contributed by atoms with van der Waals surface area (Å²) in [4.78, 5) is 11.9. The summed E-state index contributed by atoms with van der Waals surface area (Å²) < 4.78 is 0. The number of rotatable bonds is 3. The zero-order valence-electron chi connectivity index (χ0n) is 11.6. The van der Waals surface area contributed by atoms with Crippen LogP contribution in [0.5, 0.6) is 5.75 Å². The number of carbonyl (C=O) groups is 1. The van der Waals surface area contributed by atoms with E-state index in [2.05, 4.69) is 17.4 Å². The SMILES string of the molecule is O=C1C=C(Nc2ccc(O)cc2)C[C@H](c2ccccc2)C1. The van der Waals surface area contributed by atoms with Gasteiger partial charge in [-0.2, -0.15) is 0 Å². The predicted octanol–water partition coefficient (Wildman–Crippen LogP) is 3.83. The monoisotopic (exact) mass is 279 g/mol. The summed E-state index contributed by atoms with van der Waals surface area (Å²) in [6.45, 7) is 0. The number of phenolic OH excluding ortho intramolecular Hbond substituents is 1. The van der Waals surface area contributed by atoms with Crippen molar-refractivity contribution in [1.29, 1.82) is 0 Å². The van der Waals surface area contributed by atoms with Gasteiger partial charge in [-0.1, -0.05) is 30.3 Å². The van der Waals surface area contributed by atoms with Crippen LogP contribution in [0.3, 0.4) is 0 Å². The van der Waals surface area contributed by atoms with E-state index in [9.17, 15) is 9.90 Å². The Labute approximate surface area is 123 Å². The molecular formula is C18H17NO2. The number of carbonyl (C=O) groups excluding carboxylic acids is 1. The van der Waals surface area contributed by atoms with E-state index in [1.807, 2.05) is 18.2 Å². The van der Waals surface area contributed by atoms with Crippen LogP contribution in [-0.4, -0.2) is 10.9 Å². The van der Waals surface area contributed by atoms with Crippen LogP contribution in [0, 0.1) is 0 Å². The van der Waals surface area contributed by atoms with Crippen molar-refractivity contribution in [2.45, 2.75) is 18.8 Å². The van der Waals surface area contributed by atoms with Crippen LogP contribution in [0.1, 0.15) is 24.3 Å². The van der Waals surface area contributed by atoms with Crippen molar-refractivity contribution in [1.82, 2.24) is 0 Å². The second kappa shape index (κ2) is 5.83. The van der Waals surface area contributed by atoms with Gasteiger partial charge >= 0.3 is 0 Å². The Balaban J connectivity index is 1.76. The lowest BCUT2D eigenvalue weighted by Gasteiger charge is -2.23. The van der Waals surface area contributed by atoms with E-state index in [4.69, 9.17) is 0 Å². The lowest BCUT2D eigenvalue weighted by atomic mass is 9.85. The van der Waals surface area contributed by atoms with E-state index in [1.165, 1.54) is 5.56 Å². The Kier molecular flexibility index (Phi) is 3.73. The standard InChI is InChI=1S/C18H17NO2/c20-17-8-6-15(7-9-17)19-16-10-14(11-18(21)12-16)13-4-2-1-3-5-13/h1-9,12,14,19-20H,10-11H2/t14-/m0/s1. The number of benzene rings is 2. The Hall–Kier alpha value is -2.55. The van der Waals surface area contributed by atoms with Gasteiger partial charge in [0, 0.05) is 23.9 Å². The number of aromatic hydroxyl groups is 1. The van der Waals surface area contributed by atoms with E-state index >= 15 is 0 Å². The molecule has 0 radical (unpaired) electrons. The first-order valence-electron chi connectivity index (χ1n) is 7.05. The number of phenols is 1. The molecular weight excluding hydrogens is 262 g/mol. The molecule has 21 heavy (non-hydrogen) atoms. The molecule has 0 heterocycles. The van der Waals surface area contributed by atoms with E-state index in [0.717, 1.165) is 17.8 Å². The highest BCUT2D eigenvalue weighted by atomic mass is 16.3. The van der Waals surface area contributed by atoms with Crippen molar-refractivity contribution in [3.8, 4) is 5.75 Å². The third-order valence-electron chi connectivity index (χ3n) is 3.69. The average molecular weight is 279 g/mol. The van der Waals surface area contributed by atoms with Gasteiger partial charge in [-0.25, -0.2) is 0 Å². The first-order valence-corrected chi connectivity index (χ1v) is 7.05. The molecule has 3 rings (SSSR count). The molecule has 2 aromatic rings. The predicted molar refractivity (Wildman–Crippen MR) is 83.2 cm³/mol. The topological polar surface area (TPSA) is 49.3 Å². The fourth-order valence-corrected chi connectivity index (χ4v) is 2.67. The van der Waals surface area contributed by atoms with Crippen LogP contribution >= 0.6 is 0 Å². The number of hydrogen-bond donors (Lipinski definition) is 2. The number of ketones is 1. The van der Waals surface area contributed by atoms with Gasteiger partial charge in [0.2, 0.25) is 0 Å². The third kappa shape index (κ3) is 3.31. The average Bonchev–Trinajstić information content (AvgIpc) is 2.50. The lowest BCUT2D eigenvalue weighted by Crippen LogP contribution is -2.16. The fraction of sp³-hybridized carbons (Fsp3) is 0.167. The van der Waals surface area contributed by atoms with Gasteiger partial charge in [0.1, 0.15) is 5.75 Å². The zero-order chi connectivity index (χ0) is 14.7. The molecule has 3 heteroatoms. The maximum Gasteiger partial charge on any atom is 0.158 e. The number of anilines is 1. The normalized spacial score (nSPS) is 18.2. The summed E-state index contributed by atoms with van der Waals surface area (Å²) in [6, 6.07) is 17.0. The minimum absolute atomic E-state index is 0.149. The van der Waals surface area contributed by atoms with Crippen molar-refractivity contribution >= 4 is 11.5 Å². The third-order valence-corrected chi connectivity index (χ3v) is 3.69. The highest BCUT2D eigenvalue weighted by Crippen LogP contribution is 2.31. The number of hydrogen-bond acceptors (Lipinski definition) is 3. The summed E-state index contributed by atoms with van der Waals surface area (Å²) in [6.07, 6.45) is 3.06. The summed E-state index contributed by atoms with van der Waals surface area (Å²) in [7, 11) is 0. The zero-order valence-corrected chi connectivity index (χ0v) is 11.6. The second-order valence-electron chi connectivity index (χ2n) is 5.32. The van der Waals surface area contributed by atoms with Crippen molar-refractivity contribution < 1.29 is 9.90 Å². The molecule has 0 saturated carbocycles. The molecule has 0 fully saturated rings. The maximum atomic E-state index is 11.9. The molecule has 2 aromatic carbocycles. The Morgan fingerprint density at radius 1 is 0.952 bits per heavy atom. The van der Waals surface area contributed by atoms with Crippen molar-refractivity contribution in [2.75, 3.05) is 5.32 Å². The summed E-state index contributed by atoms with van der Waals surface area (Å²) in [5, 5.41) is 12.6. The van der Waals surface area contributed by atoms with Crippen LogP contribution in [0.2, 0.25) is 0 Å². The van der Waals surface area contributed by atoms with Crippen LogP contribution in [0.4, 0.5) is 5.69 Å². The molecule has 0 amide bonds. The molecule has 1 aliphatic rings. The van der Waals surface area contributed by atoms with Crippen LogP contribution in [-0.2, 0) is 4.79 Å². The molecule has 0 aromatic heterocycles. The molecule has 0 bridgehead atoms. The summed E-state index contributed by atoms with van der Waals surface area (Å²) in [5.41, 5.74) is 3.00. The van der Waals surface area contributed by atoms with Crippen molar-refractivity contribution in [3.05, 3.63) is 71.9 Å². The molecule has 106 valence electrons. The number of nitrogens with one attached hydrogen (secondary N) is 1. The van der Waals surface area contributed by atoms with Crippen LogP contribution in [0.25, 0.3) is 0 Å². The quantitative estimate of drug-likeness (QED) is 0.839. The molecule has 2 N–H and O–H groups in total. The van der Waals surface area contributed by atoms with Crippen LogP contribution in [0.15, 0.2) is 66.4 Å². The molecule has 0 unspecified atom stereocenters. The molecule has 1 atom stereocenters. The molecule has 1 aliphatic carbocycles. The van der Waals surface area contributed by atoms with Gasteiger partial charge in [-0.15, -0.1) is 0 Å².